The second-order valence-electron chi connectivity index (χ2n) is 1.92. The highest BCUT2D eigenvalue weighted by Crippen LogP contribution is 2.17. The minimum absolute atomic E-state index is 0.312. The van der Waals surface area contributed by atoms with Gasteiger partial charge in [-0.2, -0.15) is 0 Å². The predicted octanol–water partition coefficient (Wildman–Crippen LogP) is 3.09. The van der Waals surface area contributed by atoms with E-state index in [0.29, 0.717) is 11.0 Å². The molecule has 0 aliphatic carbocycles. The van der Waals surface area contributed by atoms with Gasteiger partial charge in [-0.25, -0.2) is 4.98 Å². The molecular formula is C8H4BrCl2N. The van der Waals surface area contributed by atoms with Crippen molar-refractivity contribution in [2.45, 2.75) is 0 Å². The maximum Gasteiger partial charge on any atom is 0.130 e. The minimum atomic E-state index is 0.312. The first kappa shape index (κ1) is 9.85. The second kappa shape index (κ2) is 4.71. The molecule has 1 heterocycles. The van der Waals surface area contributed by atoms with Gasteiger partial charge in [0.2, 0.25) is 0 Å². The van der Waals surface area contributed by atoms with Gasteiger partial charge in [0, 0.05) is 11.8 Å². The zero-order valence-electron chi connectivity index (χ0n) is 5.94. The van der Waals surface area contributed by atoms with Crippen LogP contribution in [-0.2, 0) is 0 Å². The van der Waals surface area contributed by atoms with Gasteiger partial charge in [-0.3, -0.25) is 0 Å². The van der Waals surface area contributed by atoms with Gasteiger partial charge in [0.15, 0.2) is 0 Å². The van der Waals surface area contributed by atoms with Crippen molar-refractivity contribution in [3.8, 4) is 11.8 Å². The van der Waals surface area contributed by atoms with Crippen LogP contribution in [0.2, 0.25) is 5.15 Å². The normalized spacial score (nSPS) is 8.92. The lowest BCUT2D eigenvalue weighted by atomic mass is 10.3. The van der Waals surface area contributed by atoms with Crippen LogP contribution in [0.4, 0.5) is 0 Å². The molecule has 0 aliphatic rings. The van der Waals surface area contributed by atoms with Crippen molar-refractivity contribution >= 4 is 39.1 Å². The SMILES string of the molecule is ClCC#Cc1cc(Cl)ncc1Br. The molecule has 0 spiro atoms. The van der Waals surface area contributed by atoms with Gasteiger partial charge in [-0.05, 0) is 22.0 Å². The number of nitrogens with zero attached hydrogens (tertiary/aromatic N) is 1. The molecule has 0 N–H and O–H groups in total. The zero-order valence-corrected chi connectivity index (χ0v) is 9.04. The highest BCUT2D eigenvalue weighted by molar-refractivity contribution is 9.10. The van der Waals surface area contributed by atoms with Crippen LogP contribution in [0.15, 0.2) is 16.7 Å². The van der Waals surface area contributed by atoms with E-state index >= 15 is 0 Å². The molecule has 0 atom stereocenters. The van der Waals surface area contributed by atoms with Crippen LogP contribution in [0, 0.1) is 11.8 Å². The summed E-state index contributed by atoms with van der Waals surface area (Å²) < 4.78 is 0.824. The number of halogens is 3. The molecule has 0 bridgehead atoms. The van der Waals surface area contributed by atoms with Crippen LogP contribution in [0.3, 0.4) is 0 Å². The van der Waals surface area contributed by atoms with E-state index < -0.39 is 0 Å². The first-order chi connectivity index (χ1) is 5.74. The fourth-order valence-corrected chi connectivity index (χ4v) is 1.18. The van der Waals surface area contributed by atoms with E-state index in [1.807, 2.05) is 0 Å². The van der Waals surface area contributed by atoms with Crippen LogP contribution in [0.5, 0.6) is 0 Å². The van der Waals surface area contributed by atoms with Crippen LogP contribution < -0.4 is 0 Å². The summed E-state index contributed by atoms with van der Waals surface area (Å²) in [5.41, 5.74) is 0.802. The van der Waals surface area contributed by atoms with E-state index in [2.05, 4.69) is 32.8 Å². The van der Waals surface area contributed by atoms with Crippen molar-refractivity contribution in [2.75, 3.05) is 5.88 Å². The molecule has 0 aliphatic heterocycles. The number of aromatic nitrogens is 1. The topological polar surface area (TPSA) is 12.9 Å². The Morgan fingerprint density at radius 3 is 3.00 bits per heavy atom. The summed E-state index contributed by atoms with van der Waals surface area (Å²) >= 11 is 14.4. The quantitative estimate of drug-likeness (QED) is 0.399. The third-order valence-electron chi connectivity index (χ3n) is 1.11. The molecule has 0 unspecified atom stereocenters. The summed E-state index contributed by atoms with van der Waals surface area (Å²) in [6.45, 7) is 0. The fraction of sp³-hybridized carbons (Fsp3) is 0.125. The van der Waals surface area contributed by atoms with Gasteiger partial charge in [-0.15, -0.1) is 11.6 Å². The molecule has 1 nitrogen and oxygen atoms in total. The molecule has 0 aromatic carbocycles. The molecule has 0 saturated heterocycles. The Morgan fingerprint density at radius 1 is 1.58 bits per heavy atom. The van der Waals surface area contributed by atoms with Gasteiger partial charge in [0.05, 0.1) is 10.4 Å². The summed E-state index contributed by atoms with van der Waals surface area (Å²) in [4.78, 5) is 3.87. The Bertz CT molecular complexity index is 341. The predicted molar refractivity (Wildman–Crippen MR) is 54.5 cm³/mol. The maximum absolute atomic E-state index is 5.66. The van der Waals surface area contributed by atoms with E-state index in [-0.39, 0.29) is 0 Å². The minimum Gasteiger partial charge on any atom is -0.243 e. The third-order valence-corrected chi connectivity index (χ3v) is 2.08. The lowest BCUT2D eigenvalue weighted by Gasteiger charge is -1.94. The van der Waals surface area contributed by atoms with E-state index in [1.165, 1.54) is 0 Å². The standard InChI is InChI=1S/C8H4BrCl2N/c9-7-5-12-8(11)4-6(7)2-1-3-10/h4-5H,3H2. The van der Waals surface area contributed by atoms with Crippen LogP contribution in [0.1, 0.15) is 5.56 Å². The summed E-state index contributed by atoms with van der Waals surface area (Å²) in [5.74, 6) is 5.89. The lowest BCUT2D eigenvalue weighted by molar-refractivity contribution is 1.30. The number of hydrogen-bond donors (Lipinski definition) is 0. The molecule has 0 fully saturated rings. The summed E-state index contributed by atoms with van der Waals surface area (Å²) in [7, 11) is 0. The van der Waals surface area contributed by atoms with Crippen LogP contribution in [-0.4, -0.2) is 10.9 Å². The summed E-state index contributed by atoms with van der Waals surface area (Å²) in [5, 5.41) is 0.428. The highest BCUT2D eigenvalue weighted by Gasteiger charge is 1.97. The molecule has 1 aromatic rings. The Labute approximate surface area is 89.2 Å². The lowest BCUT2D eigenvalue weighted by Crippen LogP contribution is -1.81. The molecule has 62 valence electrons. The van der Waals surface area contributed by atoms with E-state index in [1.54, 1.807) is 12.3 Å². The van der Waals surface area contributed by atoms with Gasteiger partial charge < -0.3 is 0 Å². The van der Waals surface area contributed by atoms with Crippen molar-refractivity contribution < 1.29 is 0 Å². The van der Waals surface area contributed by atoms with E-state index in [9.17, 15) is 0 Å². The number of rotatable bonds is 0. The Kier molecular flexibility index (Phi) is 3.87. The van der Waals surface area contributed by atoms with Crippen LogP contribution in [0.25, 0.3) is 0 Å². The van der Waals surface area contributed by atoms with Crippen molar-refractivity contribution in [1.29, 1.82) is 0 Å². The van der Waals surface area contributed by atoms with Crippen molar-refractivity contribution in [1.82, 2.24) is 4.98 Å². The number of hydrogen-bond acceptors (Lipinski definition) is 1. The van der Waals surface area contributed by atoms with Gasteiger partial charge in [0.25, 0.3) is 0 Å². The second-order valence-corrected chi connectivity index (χ2v) is 3.43. The van der Waals surface area contributed by atoms with Crippen molar-refractivity contribution in [3.63, 3.8) is 0 Å². The first-order valence-electron chi connectivity index (χ1n) is 3.10. The van der Waals surface area contributed by atoms with Crippen molar-refractivity contribution in [3.05, 3.63) is 27.5 Å². The van der Waals surface area contributed by atoms with Gasteiger partial charge in [-0.1, -0.05) is 23.4 Å². The van der Waals surface area contributed by atoms with E-state index in [0.717, 1.165) is 10.0 Å². The molecule has 12 heavy (non-hydrogen) atoms. The smallest absolute Gasteiger partial charge is 0.130 e. The monoisotopic (exact) mass is 263 g/mol. The molecule has 0 saturated carbocycles. The molecular weight excluding hydrogens is 261 g/mol. The van der Waals surface area contributed by atoms with Crippen molar-refractivity contribution in [2.24, 2.45) is 0 Å². The Hall–Kier alpha value is -0.230. The molecule has 0 radical (unpaired) electrons. The number of pyridine rings is 1. The first-order valence-corrected chi connectivity index (χ1v) is 4.80. The third kappa shape index (κ3) is 2.67. The van der Waals surface area contributed by atoms with Gasteiger partial charge >= 0.3 is 0 Å². The van der Waals surface area contributed by atoms with Gasteiger partial charge in [0.1, 0.15) is 5.15 Å². The molecule has 0 amide bonds. The fourth-order valence-electron chi connectivity index (χ4n) is 0.638. The largest absolute Gasteiger partial charge is 0.243 e. The zero-order chi connectivity index (χ0) is 8.97. The number of alkyl halides is 1. The molecule has 1 rings (SSSR count). The summed E-state index contributed by atoms with van der Waals surface area (Å²) in [6, 6.07) is 1.69. The summed E-state index contributed by atoms with van der Waals surface area (Å²) in [6.07, 6.45) is 1.61. The highest BCUT2D eigenvalue weighted by atomic mass is 79.9. The molecule has 4 heteroatoms. The average Bonchev–Trinajstić information content (AvgIpc) is 2.07. The molecule has 1 aromatic heterocycles. The van der Waals surface area contributed by atoms with Crippen LogP contribution >= 0.6 is 39.1 Å². The average molecular weight is 265 g/mol. The maximum atomic E-state index is 5.66. The Balaban J connectivity index is 3.05. The van der Waals surface area contributed by atoms with E-state index in [4.69, 9.17) is 23.2 Å². The Morgan fingerprint density at radius 2 is 2.33 bits per heavy atom.